The number of carbonyl (C=O) groups is 1. The maximum atomic E-state index is 11.0. The van der Waals surface area contributed by atoms with E-state index in [0.717, 1.165) is 6.29 Å². The molecule has 4 nitrogen and oxygen atoms in total. The highest BCUT2D eigenvalue weighted by molar-refractivity contribution is 6.70. The summed E-state index contributed by atoms with van der Waals surface area (Å²) in [6.07, 6.45) is 0.950. The zero-order valence-corrected chi connectivity index (χ0v) is 18.3. The Morgan fingerprint density at radius 1 is 0.762 bits per heavy atom. The quantitative estimate of drug-likeness (QED) is 0.443. The molecular weight excluding hydrogens is 316 g/mol. The van der Waals surface area contributed by atoms with Crippen LogP contribution in [0, 0.1) is 0 Å². The Balaban J connectivity index is 5.04. The molecular formula is C14H34O4Si3. The van der Waals surface area contributed by atoms with Crippen molar-refractivity contribution in [3.63, 3.8) is 0 Å². The summed E-state index contributed by atoms with van der Waals surface area (Å²) in [4.78, 5) is 11.0. The molecule has 126 valence electrons. The largest absolute Gasteiger partial charge is 0.415 e. The highest BCUT2D eigenvalue weighted by Gasteiger charge is 2.33. The van der Waals surface area contributed by atoms with E-state index < -0.39 is 25.0 Å². The van der Waals surface area contributed by atoms with Gasteiger partial charge in [0.15, 0.2) is 25.0 Å². The van der Waals surface area contributed by atoms with Gasteiger partial charge in [0.25, 0.3) is 0 Å². The monoisotopic (exact) mass is 350 g/mol. The van der Waals surface area contributed by atoms with Gasteiger partial charge in [-0.05, 0) is 58.9 Å². The topological polar surface area (TPSA) is 44.8 Å². The first-order valence-corrected chi connectivity index (χ1v) is 17.9. The van der Waals surface area contributed by atoms with Crippen LogP contribution < -0.4 is 0 Å². The molecule has 0 amide bonds. The Hall–Kier alpha value is 0.201. The Morgan fingerprint density at radius 2 is 1.19 bits per heavy atom. The van der Waals surface area contributed by atoms with Gasteiger partial charge in [-0.25, -0.2) is 0 Å². The number of aldehydes is 1. The molecule has 0 aliphatic carbocycles. The van der Waals surface area contributed by atoms with E-state index in [0.29, 0.717) is 13.0 Å². The predicted molar refractivity (Wildman–Crippen MR) is 96.4 cm³/mol. The van der Waals surface area contributed by atoms with Gasteiger partial charge in [0.1, 0.15) is 6.29 Å². The summed E-state index contributed by atoms with van der Waals surface area (Å²) < 4.78 is 18.5. The second-order valence-electron chi connectivity index (χ2n) is 8.36. The molecule has 0 bridgehead atoms. The van der Waals surface area contributed by atoms with Gasteiger partial charge in [-0.15, -0.1) is 0 Å². The predicted octanol–water partition coefficient (Wildman–Crippen LogP) is 3.87. The molecule has 0 saturated heterocycles. The van der Waals surface area contributed by atoms with E-state index in [9.17, 15) is 4.79 Å². The third kappa shape index (κ3) is 12.4. The summed E-state index contributed by atoms with van der Waals surface area (Å²) in [5, 5.41) is 0. The van der Waals surface area contributed by atoms with E-state index >= 15 is 0 Å². The SMILES string of the molecule is C[Si](C)(C)OCC(O[Si](C)(C)C)C(CC=O)O[Si](C)(C)C. The van der Waals surface area contributed by atoms with E-state index in [4.69, 9.17) is 13.3 Å². The highest BCUT2D eigenvalue weighted by Crippen LogP contribution is 2.20. The van der Waals surface area contributed by atoms with Gasteiger partial charge >= 0.3 is 0 Å². The third-order valence-electron chi connectivity index (χ3n) is 2.43. The Morgan fingerprint density at radius 3 is 1.52 bits per heavy atom. The van der Waals surface area contributed by atoms with Gasteiger partial charge in [0.2, 0.25) is 0 Å². The Labute approximate surface area is 133 Å². The van der Waals surface area contributed by atoms with E-state index in [1.54, 1.807) is 0 Å². The van der Waals surface area contributed by atoms with Gasteiger partial charge < -0.3 is 18.1 Å². The number of carbonyl (C=O) groups excluding carboxylic acids is 1. The van der Waals surface area contributed by atoms with Crippen LogP contribution in [0.2, 0.25) is 58.9 Å². The van der Waals surface area contributed by atoms with Crippen molar-refractivity contribution in [1.82, 2.24) is 0 Å². The average molecular weight is 351 g/mol. The minimum absolute atomic E-state index is 0.152. The summed E-state index contributed by atoms with van der Waals surface area (Å²) in [5.74, 6) is 0. The summed E-state index contributed by atoms with van der Waals surface area (Å²) in [6, 6.07) is 0. The molecule has 2 unspecified atom stereocenters. The minimum atomic E-state index is -1.74. The van der Waals surface area contributed by atoms with Gasteiger partial charge in [-0.3, -0.25) is 0 Å². The molecule has 0 N–H and O–H groups in total. The lowest BCUT2D eigenvalue weighted by Crippen LogP contribution is -2.48. The van der Waals surface area contributed by atoms with Crippen molar-refractivity contribution >= 4 is 31.2 Å². The molecule has 2 atom stereocenters. The third-order valence-corrected chi connectivity index (χ3v) is 5.49. The molecule has 0 aromatic rings. The van der Waals surface area contributed by atoms with Gasteiger partial charge in [-0.1, -0.05) is 0 Å². The van der Waals surface area contributed by atoms with Crippen molar-refractivity contribution in [3.8, 4) is 0 Å². The molecule has 0 aromatic heterocycles. The van der Waals surface area contributed by atoms with Crippen LogP contribution in [0.3, 0.4) is 0 Å². The van der Waals surface area contributed by atoms with E-state index in [2.05, 4.69) is 58.9 Å². The second kappa shape index (κ2) is 8.17. The zero-order chi connectivity index (χ0) is 16.9. The molecule has 0 spiro atoms. The van der Waals surface area contributed by atoms with Crippen LogP contribution in [0.5, 0.6) is 0 Å². The maximum absolute atomic E-state index is 11.0. The van der Waals surface area contributed by atoms with Gasteiger partial charge in [0, 0.05) is 6.42 Å². The van der Waals surface area contributed by atoms with Crippen LogP contribution in [-0.4, -0.2) is 50.1 Å². The molecule has 7 heteroatoms. The first-order chi connectivity index (χ1) is 9.23. The second-order valence-corrected chi connectivity index (χ2v) is 21.8. The van der Waals surface area contributed by atoms with E-state index in [1.165, 1.54) is 0 Å². The van der Waals surface area contributed by atoms with E-state index in [-0.39, 0.29) is 12.2 Å². The summed E-state index contributed by atoms with van der Waals surface area (Å²) in [5.41, 5.74) is 0. The number of hydrogen-bond donors (Lipinski definition) is 0. The zero-order valence-electron chi connectivity index (χ0n) is 15.3. The van der Waals surface area contributed by atoms with Crippen molar-refractivity contribution < 1.29 is 18.1 Å². The van der Waals surface area contributed by atoms with Gasteiger partial charge in [0.05, 0.1) is 18.8 Å². The lowest BCUT2D eigenvalue weighted by atomic mass is 10.2. The van der Waals surface area contributed by atoms with Crippen molar-refractivity contribution in [2.75, 3.05) is 6.61 Å². The molecule has 0 rings (SSSR count). The minimum Gasteiger partial charge on any atom is -0.415 e. The normalized spacial score (nSPS) is 16.6. The maximum Gasteiger partial charge on any atom is 0.184 e. The van der Waals surface area contributed by atoms with Crippen LogP contribution in [0.15, 0.2) is 0 Å². The van der Waals surface area contributed by atoms with Crippen LogP contribution in [0.1, 0.15) is 6.42 Å². The van der Waals surface area contributed by atoms with Gasteiger partial charge in [-0.2, -0.15) is 0 Å². The molecule has 0 fully saturated rings. The molecule has 0 saturated carbocycles. The standard InChI is InChI=1S/C14H34O4Si3/c1-19(2,3)16-12-14(18-21(7,8)9)13(10-11-15)17-20(4,5)6/h11,13-14H,10,12H2,1-9H3. The summed E-state index contributed by atoms with van der Waals surface area (Å²) in [6.45, 7) is 19.9. The molecule has 0 radical (unpaired) electrons. The highest BCUT2D eigenvalue weighted by atomic mass is 28.4. The Bertz CT molecular complexity index is 316. The molecule has 0 aliphatic rings. The molecule has 0 aliphatic heterocycles. The van der Waals surface area contributed by atoms with E-state index in [1.807, 2.05) is 0 Å². The number of hydrogen-bond acceptors (Lipinski definition) is 4. The van der Waals surface area contributed by atoms with Crippen LogP contribution >= 0.6 is 0 Å². The Kier molecular flexibility index (Phi) is 8.24. The smallest absolute Gasteiger partial charge is 0.184 e. The fourth-order valence-corrected chi connectivity index (χ4v) is 4.78. The average Bonchev–Trinajstić information content (AvgIpc) is 2.19. The first-order valence-electron chi connectivity index (χ1n) is 7.67. The van der Waals surface area contributed by atoms with Crippen LogP contribution in [0.25, 0.3) is 0 Å². The molecule has 0 heterocycles. The molecule has 0 aromatic carbocycles. The lowest BCUT2D eigenvalue weighted by Gasteiger charge is -2.36. The van der Waals surface area contributed by atoms with Crippen molar-refractivity contribution in [1.29, 1.82) is 0 Å². The summed E-state index contributed by atoms with van der Waals surface area (Å²) in [7, 11) is -5.09. The van der Waals surface area contributed by atoms with Crippen LogP contribution in [0.4, 0.5) is 0 Å². The van der Waals surface area contributed by atoms with Crippen molar-refractivity contribution in [3.05, 3.63) is 0 Å². The summed E-state index contributed by atoms with van der Waals surface area (Å²) >= 11 is 0. The molecule has 21 heavy (non-hydrogen) atoms. The van der Waals surface area contributed by atoms with Crippen molar-refractivity contribution in [2.24, 2.45) is 0 Å². The van der Waals surface area contributed by atoms with Crippen molar-refractivity contribution in [2.45, 2.75) is 77.6 Å². The number of rotatable bonds is 10. The van der Waals surface area contributed by atoms with Crippen LogP contribution in [-0.2, 0) is 18.1 Å². The fourth-order valence-electron chi connectivity index (χ4n) is 1.83. The fraction of sp³-hybridized carbons (Fsp3) is 0.929. The first kappa shape index (κ1) is 21.2. The lowest BCUT2D eigenvalue weighted by molar-refractivity contribution is -0.110.